The lowest BCUT2D eigenvalue weighted by molar-refractivity contribution is -0.181. The fourth-order valence-corrected chi connectivity index (χ4v) is 2.35. The lowest BCUT2D eigenvalue weighted by Crippen LogP contribution is -2.42. The normalized spacial score (nSPS) is 21.9. The molecule has 0 radical (unpaired) electrons. The Hall–Kier alpha value is -2.25. The van der Waals surface area contributed by atoms with E-state index in [4.69, 9.17) is 0 Å². The summed E-state index contributed by atoms with van der Waals surface area (Å²) in [5, 5.41) is 0. The first kappa shape index (κ1) is 22.8. The highest BCUT2D eigenvalue weighted by atomic mass is 19.3. The molecule has 8 heteroatoms. The third-order valence-corrected chi connectivity index (χ3v) is 3.80. The minimum atomic E-state index is -4.42. The fraction of sp³-hybridized carbons (Fsp3) is 0.421. The predicted molar refractivity (Wildman–Crippen MR) is 89.7 cm³/mol. The Kier molecular flexibility index (Phi) is 8.12. The molecule has 0 aliphatic heterocycles. The van der Waals surface area contributed by atoms with Gasteiger partial charge < -0.3 is 4.74 Å². The van der Waals surface area contributed by atoms with Crippen molar-refractivity contribution in [2.24, 2.45) is 0 Å². The summed E-state index contributed by atoms with van der Waals surface area (Å²) in [5.74, 6) is -10.2. The molecule has 1 aliphatic carbocycles. The van der Waals surface area contributed by atoms with Gasteiger partial charge in [-0.05, 0) is 42.2 Å². The maximum Gasteiger partial charge on any atom is 0.329 e. The molecule has 0 fully saturated rings. The molecular weight excluding hydrogens is 374 g/mol. The zero-order valence-electron chi connectivity index (χ0n) is 14.9. The quantitative estimate of drug-likeness (QED) is 0.214. The molecule has 1 aliphatic rings. The number of halogens is 6. The molecule has 0 heterocycles. The van der Waals surface area contributed by atoms with E-state index in [0.717, 1.165) is 25.2 Å². The Morgan fingerprint density at radius 2 is 1.96 bits per heavy atom. The molecule has 0 bridgehead atoms. The van der Waals surface area contributed by atoms with E-state index >= 15 is 0 Å². The van der Waals surface area contributed by atoms with E-state index in [-0.39, 0.29) is 23.7 Å². The maximum atomic E-state index is 13.7. The van der Waals surface area contributed by atoms with Gasteiger partial charge in [-0.3, -0.25) is 4.79 Å². The highest BCUT2D eigenvalue weighted by molar-refractivity contribution is 5.49. The van der Waals surface area contributed by atoms with Crippen LogP contribution in [0.3, 0.4) is 0 Å². The summed E-state index contributed by atoms with van der Waals surface area (Å²) >= 11 is 0. The Morgan fingerprint density at radius 1 is 1.30 bits per heavy atom. The summed E-state index contributed by atoms with van der Waals surface area (Å²) in [6.07, 6.45) is 4.06. The molecular formula is C19H20F6O2. The molecule has 0 saturated heterocycles. The van der Waals surface area contributed by atoms with Crippen molar-refractivity contribution in [3.63, 3.8) is 0 Å². The minimum absolute atomic E-state index is 0.0570. The summed E-state index contributed by atoms with van der Waals surface area (Å²) in [5.41, 5.74) is -0.144. The number of hydrogen-bond donors (Lipinski definition) is 0. The minimum Gasteiger partial charge on any atom is -0.426 e. The first-order valence-electron chi connectivity index (χ1n) is 8.16. The van der Waals surface area contributed by atoms with Gasteiger partial charge in [0.2, 0.25) is 0 Å². The second-order valence-electron chi connectivity index (χ2n) is 5.95. The van der Waals surface area contributed by atoms with Crippen molar-refractivity contribution in [2.45, 2.75) is 45.0 Å². The highest BCUT2D eigenvalue weighted by Gasteiger charge is 2.57. The van der Waals surface area contributed by atoms with Crippen LogP contribution < -0.4 is 0 Å². The van der Waals surface area contributed by atoms with E-state index in [1.165, 1.54) is 6.08 Å². The van der Waals surface area contributed by atoms with Gasteiger partial charge in [0.05, 0.1) is 0 Å². The maximum absolute atomic E-state index is 13.7. The van der Waals surface area contributed by atoms with Crippen LogP contribution in [0.2, 0.25) is 0 Å². The van der Waals surface area contributed by atoms with Crippen LogP contribution >= 0.6 is 0 Å². The second-order valence-corrected chi connectivity index (χ2v) is 5.95. The van der Waals surface area contributed by atoms with E-state index in [2.05, 4.69) is 4.74 Å². The second kappa shape index (κ2) is 9.62. The molecule has 0 aromatic carbocycles. The highest BCUT2D eigenvalue weighted by Crippen LogP contribution is 2.46. The summed E-state index contributed by atoms with van der Waals surface area (Å²) in [4.78, 5) is 10.4. The molecule has 0 atom stereocenters. The van der Waals surface area contributed by atoms with Gasteiger partial charge in [-0.1, -0.05) is 31.6 Å². The molecule has 0 aromatic heterocycles. The molecule has 0 aromatic rings. The molecule has 150 valence electrons. The van der Waals surface area contributed by atoms with Crippen LogP contribution in [0.15, 0.2) is 58.7 Å². The van der Waals surface area contributed by atoms with Crippen molar-refractivity contribution in [1.82, 2.24) is 0 Å². The van der Waals surface area contributed by atoms with E-state index in [1.807, 2.05) is 0 Å². The topological polar surface area (TPSA) is 26.3 Å². The summed E-state index contributed by atoms with van der Waals surface area (Å²) in [6.45, 7) is 1.93. The largest absolute Gasteiger partial charge is 0.426 e. The van der Waals surface area contributed by atoms with Crippen LogP contribution in [0.1, 0.15) is 33.1 Å². The number of alkyl halides is 5. The van der Waals surface area contributed by atoms with Crippen LogP contribution in [-0.2, 0) is 9.53 Å². The van der Waals surface area contributed by atoms with E-state index in [1.54, 1.807) is 6.92 Å². The first-order valence-corrected chi connectivity index (χ1v) is 8.16. The lowest BCUT2D eigenvalue weighted by Gasteiger charge is -2.30. The van der Waals surface area contributed by atoms with Crippen molar-refractivity contribution in [1.29, 1.82) is 0 Å². The van der Waals surface area contributed by atoms with Crippen molar-refractivity contribution in [3.8, 4) is 0 Å². The number of carbonyl (C=O) groups excluding carboxylic acids is 1. The third-order valence-electron chi connectivity index (χ3n) is 3.80. The van der Waals surface area contributed by atoms with E-state index in [9.17, 15) is 31.1 Å². The van der Waals surface area contributed by atoms with Crippen molar-refractivity contribution < 1.29 is 35.9 Å². The van der Waals surface area contributed by atoms with Crippen molar-refractivity contribution >= 4 is 6.47 Å². The Balaban J connectivity index is 3.37. The van der Waals surface area contributed by atoms with Crippen molar-refractivity contribution in [3.05, 3.63) is 58.7 Å². The zero-order chi connectivity index (χ0) is 20.7. The Morgan fingerprint density at radius 3 is 2.48 bits per heavy atom. The average Bonchev–Trinajstić information content (AvgIpc) is 2.58. The number of ether oxygens (including phenoxy) is 1. The molecule has 1 rings (SSSR count). The number of carbonyl (C=O) groups is 1. The Bertz CT molecular complexity index is 695. The van der Waals surface area contributed by atoms with Gasteiger partial charge in [-0.2, -0.15) is 17.6 Å². The van der Waals surface area contributed by atoms with Gasteiger partial charge in [0.25, 0.3) is 6.47 Å². The number of rotatable bonds is 8. The van der Waals surface area contributed by atoms with Crippen LogP contribution in [0.5, 0.6) is 0 Å². The van der Waals surface area contributed by atoms with Gasteiger partial charge in [0.15, 0.2) is 5.76 Å². The molecule has 2 nitrogen and oxygen atoms in total. The molecule has 0 N–H and O–H groups in total. The fourth-order valence-electron chi connectivity index (χ4n) is 2.35. The summed E-state index contributed by atoms with van der Waals surface area (Å²) in [7, 11) is 0. The molecule has 0 saturated carbocycles. The third kappa shape index (κ3) is 6.15. The average molecular weight is 394 g/mol. The standard InChI is InChI=1S/C19H20F6O2/c1-3-4-14(11-20)5-6-15-9-18(22,23)19(24,25)10-16(15)7-8-17(13(2)21)27-12-26/h5-8,10,12H,3-4,9,11H2,1-2H3/b8-7-,14-5-,15-6+,17-13-. The first-order chi connectivity index (χ1) is 12.6. The van der Waals surface area contributed by atoms with Gasteiger partial charge in [0, 0.05) is 6.42 Å². The van der Waals surface area contributed by atoms with Gasteiger partial charge in [-0.15, -0.1) is 0 Å². The van der Waals surface area contributed by atoms with Gasteiger partial charge >= 0.3 is 11.8 Å². The molecule has 0 spiro atoms. The van der Waals surface area contributed by atoms with Crippen LogP contribution in [0, 0.1) is 0 Å². The van der Waals surface area contributed by atoms with Crippen molar-refractivity contribution in [2.75, 3.05) is 6.67 Å². The predicted octanol–water partition coefficient (Wildman–Crippen LogP) is 6.14. The van der Waals surface area contributed by atoms with E-state index in [0.29, 0.717) is 18.4 Å². The number of hydrogen-bond acceptors (Lipinski definition) is 2. The van der Waals surface area contributed by atoms with Crippen LogP contribution in [0.25, 0.3) is 0 Å². The molecule has 27 heavy (non-hydrogen) atoms. The van der Waals surface area contributed by atoms with Crippen LogP contribution in [-0.4, -0.2) is 25.0 Å². The monoisotopic (exact) mass is 394 g/mol. The molecule has 0 unspecified atom stereocenters. The number of allylic oxidation sites excluding steroid dienone is 9. The summed E-state index contributed by atoms with van der Waals surface area (Å²) in [6, 6.07) is 0. The summed E-state index contributed by atoms with van der Waals surface area (Å²) < 4.78 is 85.3. The van der Waals surface area contributed by atoms with E-state index < -0.39 is 36.5 Å². The SMILES string of the molecule is CCC/C(=C/C=C1\CC(F)(F)C(F)(F)C=C1/C=C\C(OC=O)=C(/C)F)CF. The van der Waals surface area contributed by atoms with Crippen LogP contribution in [0.4, 0.5) is 26.3 Å². The van der Waals surface area contributed by atoms with Gasteiger partial charge in [0.1, 0.15) is 12.5 Å². The Labute approximate surface area is 153 Å². The zero-order valence-corrected chi connectivity index (χ0v) is 14.9. The molecule has 0 amide bonds. The van der Waals surface area contributed by atoms with Gasteiger partial charge in [-0.25, -0.2) is 8.78 Å². The lowest BCUT2D eigenvalue weighted by atomic mass is 9.87. The smallest absolute Gasteiger partial charge is 0.329 e.